The van der Waals surface area contributed by atoms with Crippen LogP contribution in [0.5, 0.6) is 0 Å². The van der Waals surface area contributed by atoms with E-state index in [2.05, 4.69) is 5.32 Å². The fourth-order valence-electron chi connectivity index (χ4n) is 2.98. The third-order valence-corrected chi connectivity index (χ3v) is 4.34. The minimum Gasteiger partial charge on any atom is -0.319 e. The predicted molar refractivity (Wildman–Crippen MR) is 104 cm³/mol. The minimum atomic E-state index is -0.982. The number of amides is 1. The molecule has 0 aromatic heterocycles. The standard InChI is InChI=1S/C23H18F3NO2/c1-14-3-2-4-15(9-14)10-18(28)11-16-5-7-21(26)22(12-16)27-23(29)19-13-17(24)6-8-20(19)25/h2-9,12-13H,10-11H2,1H3,(H,27,29). The van der Waals surface area contributed by atoms with Crippen LogP contribution in [-0.4, -0.2) is 11.7 Å². The van der Waals surface area contributed by atoms with Crippen molar-refractivity contribution in [2.75, 3.05) is 5.32 Å². The molecule has 0 aliphatic carbocycles. The molecule has 0 fully saturated rings. The van der Waals surface area contributed by atoms with Gasteiger partial charge in [0.1, 0.15) is 23.2 Å². The van der Waals surface area contributed by atoms with Crippen LogP contribution >= 0.6 is 0 Å². The SMILES string of the molecule is Cc1cccc(CC(=O)Cc2ccc(F)c(NC(=O)c3cc(F)ccc3F)c2)c1. The number of aryl methyl sites for hydroxylation is 1. The van der Waals surface area contributed by atoms with Gasteiger partial charge in [0.25, 0.3) is 5.91 Å². The Hall–Kier alpha value is -3.41. The van der Waals surface area contributed by atoms with Gasteiger partial charge < -0.3 is 5.32 Å². The van der Waals surface area contributed by atoms with Crippen LogP contribution in [0.3, 0.4) is 0 Å². The predicted octanol–water partition coefficient (Wildman–Crippen LogP) is 5.02. The highest BCUT2D eigenvalue weighted by Crippen LogP contribution is 2.20. The number of benzene rings is 3. The highest BCUT2D eigenvalue weighted by atomic mass is 19.1. The summed E-state index contributed by atoms with van der Waals surface area (Å²) < 4.78 is 41.1. The van der Waals surface area contributed by atoms with Crippen LogP contribution in [0.15, 0.2) is 60.7 Å². The Labute approximate surface area is 166 Å². The first-order valence-corrected chi connectivity index (χ1v) is 8.94. The Morgan fingerprint density at radius 3 is 2.24 bits per heavy atom. The third-order valence-electron chi connectivity index (χ3n) is 4.34. The highest BCUT2D eigenvalue weighted by molar-refractivity contribution is 6.04. The van der Waals surface area contributed by atoms with Crippen molar-refractivity contribution in [3.8, 4) is 0 Å². The van der Waals surface area contributed by atoms with Gasteiger partial charge in [-0.15, -0.1) is 0 Å². The normalized spacial score (nSPS) is 10.6. The van der Waals surface area contributed by atoms with Crippen molar-refractivity contribution in [1.82, 2.24) is 0 Å². The Morgan fingerprint density at radius 2 is 1.52 bits per heavy atom. The summed E-state index contributed by atoms with van der Waals surface area (Å²) >= 11 is 0. The molecule has 0 aliphatic heterocycles. The maximum Gasteiger partial charge on any atom is 0.258 e. The van der Waals surface area contributed by atoms with E-state index in [1.54, 1.807) is 0 Å². The molecule has 3 aromatic rings. The lowest BCUT2D eigenvalue weighted by atomic mass is 10.0. The van der Waals surface area contributed by atoms with Gasteiger partial charge in [-0.3, -0.25) is 9.59 Å². The number of rotatable bonds is 6. The van der Waals surface area contributed by atoms with Crippen LogP contribution in [-0.2, 0) is 17.6 Å². The van der Waals surface area contributed by atoms with E-state index in [9.17, 15) is 22.8 Å². The number of ketones is 1. The van der Waals surface area contributed by atoms with Gasteiger partial charge in [0.05, 0.1) is 11.3 Å². The molecule has 3 rings (SSSR count). The number of carbonyl (C=O) groups is 2. The maximum atomic E-state index is 14.1. The first-order chi connectivity index (χ1) is 13.8. The van der Waals surface area contributed by atoms with Crippen LogP contribution < -0.4 is 5.32 Å². The van der Waals surface area contributed by atoms with Gasteiger partial charge in [-0.25, -0.2) is 13.2 Å². The molecule has 6 heteroatoms. The van der Waals surface area contributed by atoms with Gasteiger partial charge in [0.2, 0.25) is 0 Å². The molecule has 3 aromatic carbocycles. The van der Waals surface area contributed by atoms with E-state index in [-0.39, 0.29) is 24.3 Å². The zero-order chi connectivity index (χ0) is 21.0. The molecule has 148 valence electrons. The smallest absolute Gasteiger partial charge is 0.258 e. The molecule has 0 saturated heterocycles. The van der Waals surface area contributed by atoms with Crippen molar-refractivity contribution in [2.24, 2.45) is 0 Å². The molecule has 0 aliphatic rings. The fourth-order valence-corrected chi connectivity index (χ4v) is 2.98. The summed E-state index contributed by atoms with van der Waals surface area (Å²) in [5.74, 6) is -3.51. The molecule has 0 radical (unpaired) electrons. The topological polar surface area (TPSA) is 46.2 Å². The third kappa shape index (κ3) is 5.31. The van der Waals surface area contributed by atoms with E-state index in [1.807, 2.05) is 31.2 Å². The summed E-state index contributed by atoms with van der Waals surface area (Å²) in [6.07, 6.45) is 0.278. The summed E-state index contributed by atoms with van der Waals surface area (Å²) in [5, 5.41) is 2.23. The maximum absolute atomic E-state index is 14.1. The molecule has 0 heterocycles. The number of Topliss-reactive ketones (excluding diaryl/α,β-unsaturated/α-hetero) is 1. The molecule has 29 heavy (non-hydrogen) atoms. The monoisotopic (exact) mass is 397 g/mol. The number of hydrogen-bond acceptors (Lipinski definition) is 2. The van der Waals surface area contributed by atoms with E-state index in [0.717, 1.165) is 35.4 Å². The summed E-state index contributed by atoms with van der Waals surface area (Å²) in [6.45, 7) is 1.93. The Kier molecular flexibility index (Phi) is 6.12. The van der Waals surface area contributed by atoms with E-state index in [1.165, 1.54) is 12.1 Å². The van der Waals surface area contributed by atoms with Crippen molar-refractivity contribution in [1.29, 1.82) is 0 Å². The van der Waals surface area contributed by atoms with E-state index in [4.69, 9.17) is 0 Å². The molecule has 0 spiro atoms. The molecular weight excluding hydrogens is 379 g/mol. The van der Waals surface area contributed by atoms with Crippen molar-refractivity contribution < 1.29 is 22.8 Å². The first-order valence-electron chi connectivity index (χ1n) is 8.94. The number of carbonyl (C=O) groups excluding carboxylic acids is 2. The second-order valence-corrected chi connectivity index (χ2v) is 6.77. The van der Waals surface area contributed by atoms with E-state index in [0.29, 0.717) is 5.56 Å². The minimum absolute atomic E-state index is 0.0470. The largest absolute Gasteiger partial charge is 0.319 e. The molecule has 0 unspecified atom stereocenters. The lowest BCUT2D eigenvalue weighted by Crippen LogP contribution is -2.15. The highest BCUT2D eigenvalue weighted by Gasteiger charge is 2.16. The summed E-state index contributed by atoms with van der Waals surface area (Å²) in [7, 11) is 0. The van der Waals surface area contributed by atoms with E-state index < -0.39 is 28.9 Å². The van der Waals surface area contributed by atoms with Crippen molar-refractivity contribution in [3.63, 3.8) is 0 Å². The molecule has 1 amide bonds. The van der Waals surface area contributed by atoms with Gasteiger partial charge in [0.15, 0.2) is 0 Å². The van der Waals surface area contributed by atoms with Crippen LogP contribution in [0, 0.1) is 24.4 Å². The summed E-state index contributed by atoms with van der Waals surface area (Å²) in [6, 6.07) is 13.9. The number of anilines is 1. The van der Waals surface area contributed by atoms with Crippen molar-refractivity contribution in [2.45, 2.75) is 19.8 Å². The number of hydrogen-bond donors (Lipinski definition) is 1. The van der Waals surface area contributed by atoms with Crippen LogP contribution in [0.2, 0.25) is 0 Å². The molecule has 0 saturated carbocycles. The molecule has 1 N–H and O–H groups in total. The number of nitrogens with one attached hydrogen (secondary N) is 1. The van der Waals surface area contributed by atoms with Gasteiger partial charge >= 0.3 is 0 Å². The zero-order valence-corrected chi connectivity index (χ0v) is 15.6. The Balaban J connectivity index is 1.73. The molecule has 0 atom stereocenters. The Morgan fingerprint density at radius 1 is 0.828 bits per heavy atom. The average molecular weight is 397 g/mol. The quantitative estimate of drug-likeness (QED) is 0.635. The average Bonchev–Trinajstić information content (AvgIpc) is 2.66. The Bertz CT molecular complexity index is 1080. The second-order valence-electron chi connectivity index (χ2n) is 6.77. The lowest BCUT2D eigenvalue weighted by Gasteiger charge is -2.10. The first kappa shape index (κ1) is 20.3. The van der Waals surface area contributed by atoms with Gasteiger partial charge in [-0.2, -0.15) is 0 Å². The van der Waals surface area contributed by atoms with Crippen LogP contribution in [0.4, 0.5) is 18.9 Å². The summed E-state index contributed by atoms with van der Waals surface area (Å²) in [4.78, 5) is 24.5. The second kappa shape index (κ2) is 8.73. The fraction of sp³-hybridized carbons (Fsp3) is 0.130. The van der Waals surface area contributed by atoms with Crippen LogP contribution in [0.25, 0.3) is 0 Å². The van der Waals surface area contributed by atoms with Crippen molar-refractivity contribution in [3.05, 3.63) is 100 Å². The van der Waals surface area contributed by atoms with Gasteiger partial charge in [-0.05, 0) is 48.4 Å². The number of halogens is 3. The zero-order valence-electron chi connectivity index (χ0n) is 15.6. The van der Waals surface area contributed by atoms with Crippen molar-refractivity contribution >= 4 is 17.4 Å². The van der Waals surface area contributed by atoms with Gasteiger partial charge in [-0.1, -0.05) is 35.9 Å². The molecular formula is C23H18F3NO2. The molecule has 0 bridgehead atoms. The van der Waals surface area contributed by atoms with Gasteiger partial charge in [0, 0.05) is 12.8 Å². The lowest BCUT2D eigenvalue weighted by molar-refractivity contribution is -0.117. The van der Waals surface area contributed by atoms with E-state index >= 15 is 0 Å². The molecule has 3 nitrogen and oxygen atoms in total. The van der Waals surface area contributed by atoms with Crippen LogP contribution in [0.1, 0.15) is 27.0 Å². The summed E-state index contributed by atoms with van der Waals surface area (Å²) in [5.41, 5.74) is 1.68.